The predicted octanol–water partition coefficient (Wildman–Crippen LogP) is 6.53. The fourth-order valence-corrected chi connectivity index (χ4v) is 4.10. The lowest BCUT2D eigenvalue weighted by molar-refractivity contribution is -0.122. The Morgan fingerprint density at radius 2 is 1.79 bits per heavy atom. The third-order valence-corrected chi connectivity index (χ3v) is 5.75. The molecule has 0 saturated carbocycles. The van der Waals surface area contributed by atoms with E-state index in [1.54, 1.807) is 11.0 Å². The minimum atomic E-state index is -0.0622. The van der Waals surface area contributed by atoms with E-state index in [0.717, 1.165) is 17.0 Å². The zero-order valence-corrected chi connectivity index (χ0v) is 17.6. The first-order valence-corrected chi connectivity index (χ1v) is 10.5. The van der Waals surface area contributed by atoms with Crippen molar-refractivity contribution in [2.24, 2.45) is 4.99 Å². The van der Waals surface area contributed by atoms with Crippen LogP contribution in [0.5, 0.6) is 0 Å². The molecule has 1 amide bonds. The average molecular weight is 423 g/mol. The topological polar surface area (TPSA) is 45.8 Å². The third kappa shape index (κ3) is 4.31. The van der Waals surface area contributed by atoms with Crippen LogP contribution in [0, 0.1) is 6.92 Å². The van der Waals surface area contributed by atoms with Crippen molar-refractivity contribution in [1.82, 2.24) is 4.90 Å². The molecule has 1 saturated heterocycles. The molecule has 2 aromatic carbocycles. The van der Waals surface area contributed by atoms with Crippen molar-refractivity contribution in [2.75, 3.05) is 6.54 Å². The highest BCUT2D eigenvalue weighted by molar-refractivity contribution is 8.18. The zero-order chi connectivity index (χ0) is 20.4. The number of hydrogen-bond donors (Lipinski definition) is 0. The molecule has 2 heterocycles. The van der Waals surface area contributed by atoms with Gasteiger partial charge in [0.2, 0.25) is 0 Å². The van der Waals surface area contributed by atoms with Crippen LogP contribution in [0.1, 0.15) is 18.2 Å². The van der Waals surface area contributed by atoms with Crippen molar-refractivity contribution in [3.8, 4) is 11.3 Å². The van der Waals surface area contributed by atoms with Gasteiger partial charge in [0.25, 0.3) is 5.91 Å². The van der Waals surface area contributed by atoms with Crippen LogP contribution in [0.3, 0.4) is 0 Å². The number of benzene rings is 2. The summed E-state index contributed by atoms with van der Waals surface area (Å²) in [6.07, 6.45) is 1.77. The van der Waals surface area contributed by atoms with Gasteiger partial charge in [0.15, 0.2) is 5.17 Å². The number of carbonyl (C=O) groups is 1. The first-order valence-electron chi connectivity index (χ1n) is 9.26. The van der Waals surface area contributed by atoms with Gasteiger partial charge in [0.05, 0.1) is 10.6 Å². The maximum absolute atomic E-state index is 12.8. The second-order valence-corrected chi connectivity index (χ2v) is 8.04. The number of amidine groups is 1. The predicted molar refractivity (Wildman–Crippen MR) is 120 cm³/mol. The lowest BCUT2D eigenvalue weighted by Gasteiger charge is -2.11. The van der Waals surface area contributed by atoms with Gasteiger partial charge >= 0.3 is 0 Å². The summed E-state index contributed by atoms with van der Waals surface area (Å²) in [7, 11) is 0. The Morgan fingerprint density at radius 1 is 1.07 bits per heavy atom. The number of aryl methyl sites for hydroxylation is 1. The fourth-order valence-electron chi connectivity index (χ4n) is 2.93. The van der Waals surface area contributed by atoms with Gasteiger partial charge in [0.1, 0.15) is 11.5 Å². The molecule has 1 aromatic heterocycles. The number of carbonyl (C=O) groups excluding carboxylic acids is 1. The molecular weight excluding hydrogens is 404 g/mol. The van der Waals surface area contributed by atoms with E-state index in [2.05, 4.69) is 4.99 Å². The summed E-state index contributed by atoms with van der Waals surface area (Å²) in [6.45, 7) is 4.53. The molecule has 0 atom stereocenters. The molecule has 1 fully saturated rings. The quantitative estimate of drug-likeness (QED) is 0.449. The molecule has 0 radical (unpaired) electrons. The highest BCUT2D eigenvalue weighted by Crippen LogP contribution is 2.35. The van der Waals surface area contributed by atoms with E-state index in [1.807, 2.05) is 74.5 Å². The van der Waals surface area contributed by atoms with E-state index < -0.39 is 0 Å². The first kappa shape index (κ1) is 19.6. The number of aliphatic imine (C=N–C) groups is 1. The Hall–Kier alpha value is -2.76. The number of rotatable bonds is 4. The van der Waals surface area contributed by atoms with Crippen molar-refractivity contribution in [3.05, 3.63) is 81.9 Å². The van der Waals surface area contributed by atoms with Gasteiger partial charge < -0.3 is 4.42 Å². The van der Waals surface area contributed by atoms with Gasteiger partial charge in [-0.15, -0.1) is 0 Å². The molecule has 1 aliphatic heterocycles. The maximum atomic E-state index is 12.8. The number of nitrogens with zero attached hydrogens (tertiary/aromatic N) is 2. The van der Waals surface area contributed by atoms with E-state index in [-0.39, 0.29) is 5.91 Å². The summed E-state index contributed by atoms with van der Waals surface area (Å²) in [4.78, 5) is 19.7. The lowest BCUT2D eigenvalue weighted by Crippen LogP contribution is -2.28. The summed E-state index contributed by atoms with van der Waals surface area (Å²) >= 11 is 7.31. The molecule has 4 rings (SSSR count). The van der Waals surface area contributed by atoms with Crippen molar-refractivity contribution >= 4 is 46.2 Å². The molecule has 0 spiro atoms. The molecule has 1 aliphatic rings. The van der Waals surface area contributed by atoms with Gasteiger partial charge in [-0.3, -0.25) is 9.69 Å². The molecule has 29 heavy (non-hydrogen) atoms. The van der Waals surface area contributed by atoms with Gasteiger partial charge in [-0.1, -0.05) is 29.3 Å². The lowest BCUT2D eigenvalue weighted by atomic mass is 10.2. The van der Waals surface area contributed by atoms with Crippen LogP contribution in [0.2, 0.25) is 5.02 Å². The van der Waals surface area contributed by atoms with Crippen LogP contribution in [-0.4, -0.2) is 22.5 Å². The van der Waals surface area contributed by atoms with Crippen LogP contribution >= 0.6 is 23.4 Å². The minimum absolute atomic E-state index is 0.0622. The molecule has 3 aromatic rings. The van der Waals surface area contributed by atoms with Gasteiger partial charge in [0, 0.05) is 23.2 Å². The van der Waals surface area contributed by atoms with Crippen LogP contribution in [-0.2, 0) is 4.79 Å². The minimum Gasteiger partial charge on any atom is -0.457 e. The van der Waals surface area contributed by atoms with Crippen molar-refractivity contribution in [2.45, 2.75) is 13.8 Å². The van der Waals surface area contributed by atoms with Crippen LogP contribution in [0.4, 0.5) is 5.69 Å². The van der Waals surface area contributed by atoms with E-state index in [1.165, 1.54) is 17.3 Å². The maximum Gasteiger partial charge on any atom is 0.266 e. The smallest absolute Gasteiger partial charge is 0.266 e. The summed E-state index contributed by atoms with van der Waals surface area (Å²) in [5.41, 5.74) is 2.93. The monoisotopic (exact) mass is 422 g/mol. The largest absolute Gasteiger partial charge is 0.457 e. The highest BCUT2D eigenvalue weighted by atomic mass is 35.5. The van der Waals surface area contributed by atoms with Crippen molar-refractivity contribution in [3.63, 3.8) is 0 Å². The first-order chi connectivity index (χ1) is 14.0. The van der Waals surface area contributed by atoms with Crippen molar-refractivity contribution < 1.29 is 9.21 Å². The molecule has 146 valence electrons. The zero-order valence-electron chi connectivity index (χ0n) is 16.1. The van der Waals surface area contributed by atoms with E-state index in [4.69, 9.17) is 16.0 Å². The Kier molecular flexibility index (Phi) is 5.60. The van der Waals surface area contributed by atoms with E-state index in [9.17, 15) is 4.79 Å². The molecule has 0 N–H and O–H groups in total. The second-order valence-electron chi connectivity index (χ2n) is 6.60. The summed E-state index contributed by atoms with van der Waals surface area (Å²) in [5.74, 6) is 1.29. The highest BCUT2D eigenvalue weighted by Gasteiger charge is 2.32. The van der Waals surface area contributed by atoms with Crippen LogP contribution in [0.15, 0.2) is 75.0 Å². The SMILES string of the molecule is CCN1C(=O)/C(=C\c2ccc(-c3ccc(Cl)cc3)o2)SC1=Nc1ccc(C)cc1. The summed E-state index contributed by atoms with van der Waals surface area (Å²) < 4.78 is 5.91. The molecule has 0 aliphatic carbocycles. The van der Waals surface area contributed by atoms with E-state index in [0.29, 0.717) is 27.4 Å². The molecule has 4 nitrogen and oxygen atoms in total. The Bertz CT molecular complexity index is 1100. The number of furan rings is 1. The standard InChI is InChI=1S/C23H19ClN2O2S/c1-3-26-22(27)21(29-23(26)25-18-10-4-15(2)5-11-18)14-19-12-13-20(28-19)16-6-8-17(24)9-7-16/h4-14H,3H2,1-2H3/b21-14+,25-23?. The number of likely N-dealkylation sites (N-methyl/N-ethyl adjacent to an activating group) is 1. The second kappa shape index (κ2) is 8.31. The molecular formula is C23H19ClN2O2S. The number of hydrogen-bond acceptors (Lipinski definition) is 4. The Morgan fingerprint density at radius 3 is 2.48 bits per heavy atom. The molecule has 0 unspecified atom stereocenters. The average Bonchev–Trinajstić information content (AvgIpc) is 3.29. The molecule has 6 heteroatoms. The summed E-state index contributed by atoms with van der Waals surface area (Å²) in [5, 5.41) is 1.35. The van der Waals surface area contributed by atoms with Gasteiger partial charge in [-0.2, -0.15) is 0 Å². The third-order valence-electron chi connectivity index (χ3n) is 4.49. The Labute approximate surface area is 178 Å². The van der Waals surface area contributed by atoms with Gasteiger partial charge in [-0.05, 0) is 74.1 Å². The number of halogens is 1. The summed E-state index contributed by atoms with van der Waals surface area (Å²) in [6, 6.07) is 19.1. The number of amides is 1. The normalized spacial score (nSPS) is 16.9. The Balaban J connectivity index is 1.60. The molecule has 0 bridgehead atoms. The van der Waals surface area contributed by atoms with Gasteiger partial charge in [-0.25, -0.2) is 4.99 Å². The van der Waals surface area contributed by atoms with E-state index >= 15 is 0 Å². The number of thioether (sulfide) groups is 1. The van der Waals surface area contributed by atoms with Crippen LogP contribution in [0.25, 0.3) is 17.4 Å². The van der Waals surface area contributed by atoms with Crippen molar-refractivity contribution in [1.29, 1.82) is 0 Å². The van der Waals surface area contributed by atoms with Crippen LogP contribution < -0.4 is 0 Å². The fraction of sp³-hybridized carbons (Fsp3) is 0.130.